The van der Waals surface area contributed by atoms with Crippen LogP contribution < -0.4 is 0 Å². The zero-order valence-corrected chi connectivity index (χ0v) is 22.1. The van der Waals surface area contributed by atoms with Crippen molar-refractivity contribution >= 4 is 40.6 Å². The summed E-state index contributed by atoms with van der Waals surface area (Å²) < 4.78 is 6.17. The van der Waals surface area contributed by atoms with Gasteiger partial charge in [0.25, 0.3) is 0 Å². The van der Waals surface area contributed by atoms with Crippen molar-refractivity contribution in [2.24, 2.45) is 28.6 Å². The molecule has 1 aromatic rings. The van der Waals surface area contributed by atoms with Crippen LogP contribution in [0.15, 0.2) is 54.1 Å². The van der Waals surface area contributed by atoms with Gasteiger partial charge in [-0.3, -0.25) is 14.4 Å². The van der Waals surface area contributed by atoms with Crippen molar-refractivity contribution < 1.29 is 24.2 Å². The number of hydrogen-bond donors (Lipinski definition) is 1. The van der Waals surface area contributed by atoms with Gasteiger partial charge >= 0.3 is 0 Å². The van der Waals surface area contributed by atoms with E-state index in [1.807, 2.05) is 12.1 Å². The van der Waals surface area contributed by atoms with Gasteiger partial charge in [-0.05, 0) is 55.1 Å². The Hall–Kier alpha value is -1.79. The molecule has 0 bridgehead atoms. The predicted molar refractivity (Wildman–Crippen MR) is 138 cm³/mol. The minimum absolute atomic E-state index is 0.0201. The molecule has 0 heterocycles. The monoisotopic (exact) mass is 530 g/mol. The van der Waals surface area contributed by atoms with Crippen LogP contribution in [0.5, 0.6) is 0 Å². The lowest BCUT2D eigenvalue weighted by molar-refractivity contribution is -0.136. The molecule has 36 heavy (non-hydrogen) atoms. The first kappa shape index (κ1) is 25.8. The summed E-state index contributed by atoms with van der Waals surface area (Å²) in [5, 5.41) is 9.40. The highest BCUT2D eigenvalue weighted by Crippen LogP contribution is 2.70. The van der Waals surface area contributed by atoms with Gasteiger partial charge in [0.2, 0.25) is 0 Å². The Morgan fingerprint density at radius 2 is 1.89 bits per heavy atom. The first-order valence-electron chi connectivity index (χ1n) is 12.7. The van der Waals surface area contributed by atoms with Gasteiger partial charge in [0.05, 0.1) is 22.3 Å². The third-order valence-electron chi connectivity index (χ3n) is 9.63. The fraction of sp³-hybridized carbons (Fsp3) is 0.552. The van der Waals surface area contributed by atoms with E-state index in [0.717, 1.165) is 18.4 Å². The zero-order valence-electron chi connectivity index (χ0n) is 20.6. The van der Waals surface area contributed by atoms with E-state index in [0.29, 0.717) is 18.4 Å². The van der Waals surface area contributed by atoms with E-state index in [1.54, 1.807) is 36.4 Å². The molecular formula is C29H32Cl2O5. The number of fused-ring (bicyclic) bond motifs is 5. The number of allylic oxidation sites excluding steroid dienone is 4. The lowest BCUT2D eigenvalue weighted by Crippen LogP contribution is -2.64. The van der Waals surface area contributed by atoms with Crippen LogP contribution in [0.4, 0.5) is 0 Å². The summed E-state index contributed by atoms with van der Waals surface area (Å²) in [7, 11) is 0. The number of ether oxygens (including phenoxy) is 1. The standard InChI is InChI=1S/C29H32Cl2O5/c1-27-14-25(30)29(31)20(9-8-18-12-19(33)10-11-28(18,29)2)21(27)13-24(26(27)22(34)15-32)36-16-23(35)17-6-4-3-5-7-17/h3-7,10-12,20-21,24-26,32H,8-9,13-16H2,1-2H3/t20-,21-,24+,25-,26-,27-,28-,29-/m0/s1. The van der Waals surface area contributed by atoms with E-state index < -0.39 is 39.7 Å². The van der Waals surface area contributed by atoms with Gasteiger partial charge < -0.3 is 9.84 Å². The van der Waals surface area contributed by atoms with Crippen molar-refractivity contribution in [3.8, 4) is 0 Å². The van der Waals surface area contributed by atoms with Crippen LogP contribution in [0.25, 0.3) is 0 Å². The molecule has 3 fully saturated rings. The van der Waals surface area contributed by atoms with Gasteiger partial charge in [-0.15, -0.1) is 23.2 Å². The van der Waals surface area contributed by atoms with Crippen LogP contribution in [0.2, 0.25) is 0 Å². The normalized spacial score (nSPS) is 41.2. The van der Waals surface area contributed by atoms with Gasteiger partial charge in [-0.25, -0.2) is 0 Å². The largest absolute Gasteiger partial charge is 0.389 e. The van der Waals surface area contributed by atoms with Crippen LogP contribution in [-0.2, 0) is 14.3 Å². The number of benzene rings is 1. The van der Waals surface area contributed by atoms with Crippen molar-refractivity contribution in [3.05, 3.63) is 59.7 Å². The molecule has 0 spiro atoms. The summed E-state index contributed by atoms with van der Waals surface area (Å²) in [5.41, 5.74) is 0.472. The fourth-order valence-electron chi connectivity index (χ4n) is 7.86. The quantitative estimate of drug-likeness (QED) is 0.416. The molecule has 0 saturated heterocycles. The Balaban J connectivity index is 1.47. The van der Waals surface area contributed by atoms with Gasteiger partial charge in [0.1, 0.15) is 13.2 Å². The molecule has 192 valence electrons. The SMILES string of the molecule is C[C@]12C[C@H](Cl)[C@@]3(Cl)[C@@H](CCC4=CC(=O)C=C[C@@]43C)[C@@H]1C[C@@H](OCC(=O)c1ccccc1)[C@@H]2C(=O)CO. The van der Waals surface area contributed by atoms with Crippen LogP contribution in [0.1, 0.15) is 49.9 Å². The third-order valence-corrected chi connectivity index (χ3v) is 11.2. The molecule has 8 atom stereocenters. The topological polar surface area (TPSA) is 80.7 Å². The van der Waals surface area contributed by atoms with Crippen LogP contribution in [-0.4, -0.2) is 52.0 Å². The number of aliphatic hydroxyl groups is 1. The van der Waals surface area contributed by atoms with E-state index >= 15 is 0 Å². The second kappa shape index (κ2) is 9.20. The highest BCUT2D eigenvalue weighted by Gasteiger charge is 2.70. The van der Waals surface area contributed by atoms with E-state index in [2.05, 4.69) is 13.8 Å². The third kappa shape index (κ3) is 3.69. The molecule has 5 rings (SSSR count). The maximum absolute atomic E-state index is 13.1. The van der Waals surface area contributed by atoms with Crippen molar-refractivity contribution in [2.45, 2.75) is 55.9 Å². The molecule has 0 amide bonds. The molecule has 3 saturated carbocycles. The number of halogens is 2. The van der Waals surface area contributed by atoms with Crippen molar-refractivity contribution in [1.82, 2.24) is 0 Å². The summed E-state index contributed by atoms with van der Waals surface area (Å²) in [4.78, 5) is 37.2. The molecule has 4 aliphatic rings. The summed E-state index contributed by atoms with van der Waals surface area (Å²) in [5.74, 6) is -1.04. The van der Waals surface area contributed by atoms with Crippen molar-refractivity contribution in [3.63, 3.8) is 0 Å². The van der Waals surface area contributed by atoms with Gasteiger partial charge in [-0.1, -0.05) is 55.8 Å². The number of rotatable bonds is 6. The summed E-state index contributed by atoms with van der Waals surface area (Å²) in [6.45, 7) is 3.41. The first-order valence-corrected chi connectivity index (χ1v) is 13.5. The highest BCUT2D eigenvalue weighted by atomic mass is 35.5. The molecule has 1 aromatic carbocycles. The number of Topliss-reactive ketones (excluding diaryl/α,β-unsaturated/α-hetero) is 2. The Labute approximate surface area is 221 Å². The van der Waals surface area contributed by atoms with E-state index in [4.69, 9.17) is 27.9 Å². The van der Waals surface area contributed by atoms with E-state index in [1.165, 1.54) is 0 Å². The molecule has 0 unspecified atom stereocenters. The average Bonchev–Trinajstić information content (AvgIpc) is 3.15. The van der Waals surface area contributed by atoms with Gasteiger partial charge in [0, 0.05) is 11.0 Å². The lowest BCUT2D eigenvalue weighted by Gasteiger charge is -2.63. The van der Waals surface area contributed by atoms with Crippen molar-refractivity contribution in [2.75, 3.05) is 13.2 Å². The maximum atomic E-state index is 13.1. The van der Waals surface area contributed by atoms with Crippen molar-refractivity contribution in [1.29, 1.82) is 0 Å². The lowest BCUT2D eigenvalue weighted by atomic mass is 9.47. The Bertz CT molecular complexity index is 1150. The van der Waals surface area contributed by atoms with Crippen LogP contribution >= 0.6 is 23.2 Å². The molecule has 1 N–H and O–H groups in total. The number of ketones is 3. The molecule has 7 heteroatoms. The second-order valence-electron chi connectivity index (χ2n) is 11.3. The van der Waals surface area contributed by atoms with Gasteiger partial charge in [-0.2, -0.15) is 0 Å². The number of alkyl halides is 2. The summed E-state index contributed by atoms with van der Waals surface area (Å²) in [6.07, 6.45) is 7.22. The van der Waals surface area contributed by atoms with E-state index in [9.17, 15) is 19.5 Å². The second-order valence-corrected chi connectivity index (χ2v) is 12.4. The Morgan fingerprint density at radius 1 is 1.17 bits per heavy atom. The highest BCUT2D eigenvalue weighted by molar-refractivity contribution is 6.34. The predicted octanol–water partition coefficient (Wildman–Crippen LogP) is 4.93. The average molecular weight is 531 g/mol. The number of aliphatic hydroxyl groups excluding tert-OH is 1. The first-order chi connectivity index (χ1) is 17.1. The molecule has 0 aromatic heterocycles. The molecule has 0 aliphatic heterocycles. The maximum Gasteiger partial charge on any atom is 0.188 e. The number of carbonyl (C=O) groups is 3. The minimum atomic E-state index is -0.832. The summed E-state index contributed by atoms with van der Waals surface area (Å²) in [6, 6.07) is 8.94. The zero-order chi connectivity index (χ0) is 25.9. The smallest absolute Gasteiger partial charge is 0.188 e. The molecular weight excluding hydrogens is 499 g/mol. The van der Waals surface area contributed by atoms with E-state index in [-0.39, 0.29) is 35.8 Å². The number of hydrogen-bond acceptors (Lipinski definition) is 5. The Kier molecular flexibility index (Phi) is 6.60. The molecule has 4 aliphatic carbocycles. The van der Waals surface area contributed by atoms with Crippen LogP contribution in [0.3, 0.4) is 0 Å². The fourth-order valence-corrected chi connectivity index (χ4v) is 9.11. The molecule has 5 nitrogen and oxygen atoms in total. The van der Waals surface area contributed by atoms with Gasteiger partial charge in [0.15, 0.2) is 17.3 Å². The minimum Gasteiger partial charge on any atom is -0.389 e. The van der Waals surface area contributed by atoms with Crippen LogP contribution in [0, 0.1) is 28.6 Å². The number of carbonyl (C=O) groups excluding carboxylic acids is 3. The molecule has 0 radical (unpaired) electrons. The Morgan fingerprint density at radius 3 is 2.58 bits per heavy atom. The summed E-state index contributed by atoms with van der Waals surface area (Å²) >= 11 is 14.7.